The number of aliphatic hydroxyl groups is 1. The summed E-state index contributed by atoms with van der Waals surface area (Å²) in [7, 11) is 0. The van der Waals surface area contributed by atoms with E-state index in [0.29, 0.717) is 10.9 Å². The number of carbonyl (C=O) groups excluding carboxylic acids is 2. The van der Waals surface area contributed by atoms with E-state index in [1.54, 1.807) is 19.2 Å². The van der Waals surface area contributed by atoms with Crippen LogP contribution in [0.15, 0.2) is 42.6 Å². The van der Waals surface area contributed by atoms with Crippen LogP contribution in [-0.2, 0) is 15.8 Å². The molecule has 1 aliphatic heterocycles. The number of benzene rings is 2. The summed E-state index contributed by atoms with van der Waals surface area (Å²) in [4.78, 5) is 33.7. The first-order chi connectivity index (χ1) is 20.5. The van der Waals surface area contributed by atoms with Gasteiger partial charge in [0.05, 0.1) is 32.8 Å². The second-order valence-corrected chi connectivity index (χ2v) is 11.8. The largest absolute Gasteiger partial charge is 0.489 e. The summed E-state index contributed by atoms with van der Waals surface area (Å²) >= 11 is 18.1. The molecule has 2 aromatic carbocycles. The number of nitrogens with one attached hydrogen (secondary N) is 1. The van der Waals surface area contributed by atoms with Gasteiger partial charge in [0.2, 0.25) is 11.5 Å². The second kappa shape index (κ2) is 11.0. The van der Waals surface area contributed by atoms with Crippen molar-refractivity contribution in [1.29, 1.82) is 0 Å². The van der Waals surface area contributed by atoms with E-state index in [9.17, 15) is 32.3 Å². The van der Waals surface area contributed by atoms with Crippen LogP contribution in [0.5, 0.6) is 5.75 Å². The third kappa shape index (κ3) is 5.29. The van der Waals surface area contributed by atoms with Gasteiger partial charge in [0, 0.05) is 28.3 Å². The monoisotopic (exact) mass is 670 g/mol. The number of amides is 2. The molecule has 0 saturated heterocycles. The third-order valence-electron chi connectivity index (χ3n) is 7.41. The van der Waals surface area contributed by atoms with Crippen molar-refractivity contribution in [2.45, 2.75) is 31.0 Å². The lowest BCUT2D eigenvalue weighted by Crippen LogP contribution is -2.51. The number of nitrogens with zero attached hydrogens (tertiary/aromatic N) is 2. The first-order valence-electron chi connectivity index (χ1n) is 12.7. The van der Waals surface area contributed by atoms with E-state index in [2.05, 4.69) is 15.3 Å². The van der Waals surface area contributed by atoms with Crippen molar-refractivity contribution < 1.29 is 37.0 Å². The number of nitrogens with two attached hydrogens (primary N) is 1. The van der Waals surface area contributed by atoms with Crippen molar-refractivity contribution in [2.75, 3.05) is 13.2 Å². The quantitative estimate of drug-likeness (QED) is 0.170. The molecule has 0 aliphatic carbocycles. The maximum Gasteiger partial charge on any atom is 0.424 e. The van der Waals surface area contributed by atoms with Crippen molar-refractivity contribution in [3.8, 4) is 17.0 Å². The van der Waals surface area contributed by atoms with Gasteiger partial charge in [-0.15, -0.1) is 0 Å². The third-order valence-corrected chi connectivity index (χ3v) is 8.24. The smallest absolute Gasteiger partial charge is 0.424 e. The van der Waals surface area contributed by atoms with Crippen LogP contribution in [-0.4, -0.2) is 46.2 Å². The van der Waals surface area contributed by atoms with E-state index in [4.69, 9.17) is 45.3 Å². The Bertz CT molecular complexity index is 1850. The number of halogens is 7. The minimum atomic E-state index is -5.42. The summed E-state index contributed by atoms with van der Waals surface area (Å²) in [6.07, 6.45) is -3.85. The van der Waals surface area contributed by atoms with Crippen LogP contribution in [0.25, 0.3) is 22.2 Å². The maximum absolute atomic E-state index is 14.7. The number of rotatable bonds is 6. The van der Waals surface area contributed by atoms with Gasteiger partial charge in [0.25, 0.3) is 5.91 Å². The molecule has 44 heavy (non-hydrogen) atoms. The fraction of sp³-hybridized carbons (Fsp3) is 0.241. The van der Waals surface area contributed by atoms with E-state index in [1.807, 2.05) is 0 Å². The highest BCUT2D eigenvalue weighted by Gasteiger charge is 2.57. The molecule has 0 saturated carbocycles. The summed E-state index contributed by atoms with van der Waals surface area (Å²) in [6, 6.07) is 7.26. The molecule has 2 aromatic heterocycles. The Kier molecular flexibility index (Phi) is 7.94. The average molecular weight is 672 g/mol. The lowest BCUT2D eigenvalue weighted by Gasteiger charge is -2.31. The molecule has 5 rings (SSSR count). The maximum atomic E-state index is 14.7. The van der Waals surface area contributed by atoms with Crippen LogP contribution < -0.4 is 15.8 Å². The van der Waals surface area contributed by atoms with Gasteiger partial charge in [-0.25, -0.2) is 9.37 Å². The molecule has 2 atom stereocenters. The van der Waals surface area contributed by atoms with Crippen molar-refractivity contribution in [1.82, 2.24) is 15.3 Å². The summed E-state index contributed by atoms with van der Waals surface area (Å²) in [5, 5.41) is 13.0. The minimum Gasteiger partial charge on any atom is -0.489 e. The number of aryl methyl sites for hydroxylation is 1. The minimum absolute atomic E-state index is 0.0727. The number of primary amides is 1. The molecule has 1 aliphatic rings. The van der Waals surface area contributed by atoms with Gasteiger partial charge < -0.3 is 20.9 Å². The number of pyridine rings is 2. The Morgan fingerprint density at radius 1 is 1.09 bits per heavy atom. The Balaban J connectivity index is 1.62. The van der Waals surface area contributed by atoms with Crippen LogP contribution in [0, 0.1) is 12.7 Å². The Morgan fingerprint density at radius 3 is 2.36 bits per heavy atom. The van der Waals surface area contributed by atoms with Gasteiger partial charge in [0.1, 0.15) is 23.5 Å². The topological polar surface area (TPSA) is 127 Å². The van der Waals surface area contributed by atoms with Crippen LogP contribution in [0.3, 0.4) is 0 Å². The molecule has 0 spiro atoms. The molecule has 0 bridgehead atoms. The van der Waals surface area contributed by atoms with E-state index >= 15 is 0 Å². The molecule has 4 N–H and O–H groups in total. The van der Waals surface area contributed by atoms with E-state index in [1.165, 1.54) is 19.1 Å². The standard InChI is InChI=1S/C29H21Cl3F4N4O4/c1-12-3-13-4-15(7-19(32)22(13)38-9-12)25(41)39-10-28(43,29(34,35)36)20-8-16-24(44-11-27(16,2)26(37)42)23(40-20)14-5-17(30)21(33)18(31)6-14/h3-9,43H,10-11H2,1-2H3,(H2,37,42)(H,39,41)/t27-,28?/m0/s1. The Morgan fingerprint density at radius 2 is 1.75 bits per heavy atom. The summed E-state index contributed by atoms with van der Waals surface area (Å²) in [5.41, 5.74) is -0.346. The molecule has 0 fully saturated rings. The van der Waals surface area contributed by atoms with Crippen LogP contribution >= 0.6 is 34.8 Å². The van der Waals surface area contributed by atoms with Crippen LogP contribution in [0.4, 0.5) is 17.6 Å². The molecule has 3 heterocycles. The predicted octanol–water partition coefficient (Wildman–Crippen LogP) is 6.02. The summed E-state index contributed by atoms with van der Waals surface area (Å²) < 4.78 is 63.9. The molecule has 4 aromatic rings. The SMILES string of the molecule is Cc1cnc2c(Cl)cc(C(=O)NCC(O)(c3cc4c(c(-c5cc(Cl)c(F)c(Cl)c5)n3)OC[C@]4(C)C(N)=O)C(F)(F)F)cc2c1. The zero-order valence-corrected chi connectivity index (χ0v) is 25.0. The summed E-state index contributed by atoms with van der Waals surface area (Å²) in [5.74, 6) is -3.04. The van der Waals surface area contributed by atoms with Crippen molar-refractivity contribution in [3.63, 3.8) is 0 Å². The van der Waals surface area contributed by atoms with Gasteiger partial charge in [-0.05, 0) is 55.8 Å². The molecule has 15 heteroatoms. The second-order valence-electron chi connectivity index (χ2n) is 10.6. The molecular weight excluding hydrogens is 651 g/mol. The zero-order valence-electron chi connectivity index (χ0n) is 22.7. The van der Waals surface area contributed by atoms with Gasteiger partial charge in [-0.2, -0.15) is 13.2 Å². The van der Waals surface area contributed by atoms with Gasteiger partial charge in [-0.3, -0.25) is 14.6 Å². The summed E-state index contributed by atoms with van der Waals surface area (Å²) in [6.45, 7) is 1.34. The Labute approximate surface area is 262 Å². The van der Waals surface area contributed by atoms with E-state index in [0.717, 1.165) is 23.8 Å². The number of alkyl halides is 3. The molecule has 1 unspecified atom stereocenters. The number of carbonyl (C=O) groups is 2. The molecule has 230 valence electrons. The van der Waals surface area contributed by atoms with Gasteiger partial charge in [0.15, 0.2) is 5.82 Å². The molecular formula is C29H21Cl3F4N4O4. The number of ether oxygens (including phenoxy) is 1. The van der Waals surface area contributed by atoms with Crippen molar-refractivity contribution in [2.24, 2.45) is 5.73 Å². The highest BCUT2D eigenvalue weighted by molar-refractivity contribution is 6.36. The fourth-order valence-electron chi connectivity index (χ4n) is 4.78. The highest BCUT2D eigenvalue weighted by Crippen LogP contribution is 2.48. The van der Waals surface area contributed by atoms with Gasteiger partial charge in [-0.1, -0.05) is 34.8 Å². The van der Waals surface area contributed by atoms with E-state index < -0.39 is 57.1 Å². The first kappa shape index (κ1) is 31.7. The first-order valence-corrected chi connectivity index (χ1v) is 13.9. The van der Waals surface area contributed by atoms with Crippen molar-refractivity contribution in [3.05, 3.63) is 85.9 Å². The molecule has 8 nitrogen and oxygen atoms in total. The molecule has 2 amide bonds. The van der Waals surface area contributed by atoms with Gasteiger partial charge >= 0.3 is 6.18 Å². The number of aromatic nitrogens is 2. The van der Waals surface area contributed by atoms with Crippen LogP contribution in [0.2, 0.25) is 15.1 Å². The predicted molar refractivity (Wildman–Crippen MR) is 155 cm³/mol. The highest BCUT2D eigenvalue weighted by atomic mass is 35.5. The average Bonchev–Trinajstić information content (AvgIpc) is 3.30. The van der Waals surface area contributed by atoms with Crippen LogP contribution in [0.1, 0.15) is 34.1 Å². The number of fused-ring (bicyclic) bond motifs is 2. The fourth-order valence-corrected chi connectivity index (χ4v) is 5.54. The normalized spacial score (nSPS) is 17.6. The lowest BCUT2D eigenvalue weighted by molar-refractivity contribution is -0.265. The van der Waals surface area contributed by atoms with E-state index in [-0.39, 0.29) is 39.8 Å². The molecule has 0 radical (unpaired) electrons. The Hall–Kier alpha value is -3.71. The lowest BCUT2D eigenvalue weighted by atomic mass is 9.81. The van der Waals surface area contributed by atoms with Crippen molar-refractivity contribution >= 4 is 57.5 Å². The number of hydrogen-bond acceptors (Lipinski definition) is 6. The number of hydrogen-bond donors (Lipinski definition) is 3. The zero-order chi connectivity index (χ0) is 32.4.